The van der Waals surface area contributed by atoms with Gasteiger partial charge in [-0.1, -0.05) is 11.6 Å². The summed E-state index contributed by atoms with van der Waals surface area (Å²) in [6.45, 7) is 4.06. The lowest BCUT2D eigenvalue weighted by Crippen LogP contribution is -2.54. The van der Waals surface area contributed by atoms with Crippen molar-refractivity contribution in [2.45, 2.75) is 19.3 Å². The lowest BCUT2D eigenvalue weighted by molar-refractivity contribution is 0.0624. The molecular formula is C16H23ClN4O2. The van der Waals surface area contributed by atoms with E-state index < -0.39 is 0 Å². The number of aryl methyl sites for hydroxylation is 1. The molecule has 2 aliphatic rings. The molecule has 3 amide bonds. The Bertz CT molecular complexity index is 587. The van der Waals surface area contributed by atoms with Gasteiger partial charge >= 0.3 is 6.03 Å². The Morgan fingerprint density at radius 2 is 1.48 bits per heavy atom. The number of aromatic nitrogens is 1. The quantitative estimate of drug-likeness (QED) is 0.786. The highest BCUT2D eigenvalue weighted by molar-refractivity contribution is 6.31. The molecule has 1 aromatic heterocycles. The molecule has 2 aliphatic heterocycles. The highest BCUT2D eigenvalue weighted by Crippen LogP contribution is 2.17. The fourth-order valence-electron chi connectivity index (χ4n) is 3.28. The van der Waals surface area contributed by atoms with Crippen molar-refractivity contribution in [2.24, 2.45) is 7.05 Å². The molecule has 7 heteroatoms. The van der Waals surface area contributed by atoms with Crippen LogP contribution in [0.25, 0.3) is 0 Å². The summed E-state index contributed by atoms with van der Waals surface area (Å²) in [6.07, 6.45) is 5.13. The lowest BCUT2D eigenvalue weighted by Gasteiger charge is -2.38. The molecule has 0 N–H and O–H groups in total. The molecular weight excluding hydrogens is 316 g/mol. The number of halogens is 1. The molecule has 0 saturated carbocycles. The largest absolute Gasteiger partial charge is 0.345 e. The first kappa shape index (κ1) is 16.2. The molecule has 6 nitrogen and oxygen atoms in total. The zero-order valence-corrected chi connectivity index (χ0v) is 14.3. The number of amides is 3. The Morgan fingerprint density at radius 3 is 2.04 bits per heavy atom. The minimum absolute atomic E-state index is 0.0236. The number of nitrogens with zero attached hydrogens (tertiary/aromatic N) is 4. The lowest BCUT2D eigenvalue weighted by atomic mass is 10.1. The first-order valence-electron chi connectivity index (χ1n) is 8.21. The van der Waals surface area contributed by atoms with E-state index in [1.54, 1.807) is 21.7 Å². The molecule has 126 valence electrons. The predicted molar refractivity (Wildman–Crippen MR) is 88.7 cm³/mol. The first-order chi connectivity index (χ1) is 11.1. The van der Waals surface area contributed by atoms with E-state index in [9.17, 15) is 9.59 Å². The van der Waals surface area contributed by atoms with Gasteiger partial charge in [0.15, 0.2) is 0 Å². The van der Waals surface area contributed by atoms with E-state index in [-0.39, 0.29) is 11.9 Å². The van der Waals surface area contributed by atoms with E-state index in [4.69, 9.17) is 11.6 Å². The van der Waals surface area contributed by atoms with E-state index in [2.05, 4.69) is 0 Å². The van der Waals surface area contributed by atoms with Crippen LogP contribution in [0.1, 0.15) is 29.8 Å². The molecule has 1 aromatic rings. The fraction of sp³-hybridized carbons (Fsp3) is 0.625. The number of hydrogen-bond donors (Lipinski definition) is 0. The number of piperidine rings is 1. The molecule has 3 heterocycles. The molecule has 0 bridgehead atoms. The zero-order valence-electron chi connectivity index (χ0n) is 13.5. The second-order valence-corrected chi connectivity index (χ2v) is 6.70. The third kappa shape index (κ3) is 3.47. The second-order valence-electron chi connectivity index (χ2n) is 6.26. The Labute approximate surface area is 141 Å². The van der Waals surface area contributed by atoms with Crippen LogP contribution in [0.4, 0.5) is 4.79 Å². The predicted octanol–water partition coefficient (Wildman–Crippen LogP) is 2.04. The van der Waals surface area contributed by atoms with Crippen molar-refractivity contribution in [1.82, 2.24) is 19.3 Å². The number of piperazine rings is 1. The maximum absolute atomic E-state index is 12.5. The van der Waals surface area contributed by atoms with Gasteiger partial charge in [-0.2, -0.15) is 0 Å². The van der Waals surface area contributed by atoms with Crippen LogP contribution in [-0.2, 0) is 7.05 Å². The van der Waals surface area contributed by atoms with Crippen LogP contribution >= 0.6 is 11.6 Å². The van der Waals surface area contributed by atoms with Gasteiger partial charge in [0, 0.05) is 52.5 Å². The van der Waals surface area contributed by atoms with Gasteiger partial charge < -0.3 is 19.3 Å². The van der Waals surface area contributed by atoms with Gasteiger partial charge in [-0.25, -0.2) is 4.79 Å². The highest BCUT2D eigenvalue weighted by atomic mass is 35.5. The number of urea groups is 1. The average Bonchev–Trinajstić information content (AvgIpc) is 2.93. The normalized spacial score (nSPS) is 19.1. The Balaban J connectivity index is 1.56. The molecule has 0 aliphatic carbocycles. The van der Waals surface area contributed by atoms with Crippen LogP contribution < -0.4 is 0 Å². The second kappa shape index (κ2) is 6.83. The zero-order chi connectivity index (χ0) is 16.4. The summed E-state index contributed by atoms with van der Waals surface area (Å²) in [5.74, 6) is -0.0236. The summed E-state index contributed by atoms with van der Waals surface area (Å²) < 4.78 is 1.75. The van der Waals surface area contributed by atoms with Crippen molar-refractivity contribution in [3.63, 3.8) is 0 Å². The summed E-state index contributed by atoms with van der Waals surface area (Å²) in [6, 6.07) is 1.81. The summed E-state index contributed by atoms with van der Waals surface area (Å²) >= 11 is 5.95. The molecule has 0 spiro atoms. The molecule has 2 saturated heterocycles. The van der Waals surface area contributed by atoms with E-state index in [0.29, 0.717) is 36.9 Å². The van der Waals surface area contributed by atoms with Crippen LogP contribution in [0.15, 0.2) is 12.3 Å². The molecule has 0 unspecified atom stereocenters. The first-order valence-corrected chi connectivity index (χ1v) is 8.59. The topological polar surface area (TPSA) is 48.8 Å². The molecule has 0 atom stereocenters. The van der Waals surface area contributed by atoms with Crippen molar-refractivity contribution >= 4 is 23.5 Å². The van der Waals surface area contributed by atoms with Crippen LogP contribution in [0.3, 0.4) is 0 Å². The van der Waals surface area contributed by atoms with E-state index in [0.717, 1.165) is 25.9 Å². The molecule has 3 rings (SSSR count). The Kier molecular flexibility index (Phi) is 4.80. The Morgan fingerprint density at radius 1 is 0.913 bits per heavy atom. The summed E-state index contributed by atoms with van der Waals surface area (Å²) in [5.41, 5.74) is 0.589. The van der Waals surface area contributed by atoms with Crippen LogP contribution in [0, 0.1) is 0 Å². The fourth-order valence-corrected chi connectivity index (χ4v) is 3.53. The van der Waals surface area contributed by atoms with Gasteiger partial charge in [0.2, 0.25) is 0 Å². The van der Waals surface area contributed by atoms with Crippen LogP contribution in [0.2, 0.25) is 5.02 Å². The van der Waals surface area contributed by atoms with Crippen LogP contribution in [-0.4, -0.2) is 70.5 Å². The molecule has 23 heavy (non-hydrogen) atoms. The van der Waals surface area contributed by atoms with E-state index in [1.165, 1.54) is 6.42 Å². The molecule has 0 aromatic carbocycles. The van der Waals surface area contributed by atoms with E-state index >= 15 is 0 Å². The monoisotopic (exact) mass is 338 g/mol. The SMILES string of the molecule is Cn1cc(Cl)cc1C(=O)N1CCN(C(=O)N2CCCCC2)CC1. The van der Waals surface area contributed by atoms with Gasteiger partial charge in [0.05, 0.1) is 5.02 Å². The van der Waals surface area contributed by atoms with Gasteiger partial charge in [0.1, 0.15) is 5.69 Å². The summed E-state index contributed by atoms with van der Waals surface area (Å²) in [5, 5.41) is 0.565. The molecule has 0 radical (unpaired) electrons. The maximum Gasteiger partial charge on any atom is 0.320 e. The van der Waals surface area contributed by atoms with Gasteiger partial charge in [-0.3, -0.25) is 4.79 Å². The standard InChI is InChI=1S/C16H23ClN4O2/c1-18-12-13(17)11-14(18)15(22)19-7-9-21(10-8-19)16(23)20-5-3-2-4-6-20/h11-12H,2-10H2,1H3. The number of rotatable bonds is 1. The van der Waals surface area contributed by atoms with Crippen LogP contribution in [0.5, 0.6) is 0 Å². The summed E-state index contributed by atoms with van der Waals surface area (Å²) in [4.78, 5) is 30.6. The third-order valence-electron chi connectivity index (χ3n) is 4.65. The minimum atomic E-state index is -0.0236. The minimum Gasteiger partial charge on any atom is -0.345 e. The number of likely N-dealkylation sites (tertiary alicyclic amines) is 1. The van der Waals surface area contributed by atoms with E-state index in [1.807, 2.05) is 16.8 Å². The molecule has 2 fully saturated rings. The maximum atomic E-state index is 12.5. The number of carbonyl (C=O) groups excluding carboxylic acids is 2. The van der Waals surface area contributed by atoms with Gasteiger partial charge in [-0.05, 0) is 25.3 Å². The highest BCUT2D eigenvalue weighted by Gasteiger charge is 2.29. The van der Waals surface area contributed by atoms with Crippen molar-refractivity contribution < 1.29 is 9.59 Å². The third-order valence-corrected chi connectivity index (χ3v) is 4.86. The Hall–Kier alpha value is -1.69. The van der Waals surface area contributed by atoms with Gasteiger partial charge in [0.25, 0.3) is 5.91 Å². The van der Waals surface area contributed by atoms with Crippen molar-refractivity contribution in [3.05, 3.63) is 23.0 Å². The van der Waals surface area contributed by atoms with Crippen molar-refractivity contribution in [1.29, 1.82) is 0 Å². The van der Waals surface area contributed by atoms with Crippen molar-refractivity contribution in [3.8, 4) is 0 Å². The summed E-state index contributed by atoms with van der Waals surface area (Å²) in [7, 11) is 1.81. The smallest absolute Gasteiger partial charge is 0.320 e. The average molecular weight is 339 g/mol. The van der Waals surface area contributed by atoms with Crippen molar-refractivity contribution in [2.75, 3.05) is 39.3 Å². The van der Waals surface area contributed by atoms with Gasteiger partial charge in [-0.15, -0.1) is 0 Å². The number of carbonyl (C=O) groups is 2. The number of hydrogen-bond acceptors (Lipinski definition) is 2.